The molecule has 2 rings (SSSR count). The SMILES string of the molecule is C1CCOC1.Cc1ccccc1N.[Li]. The van der Waals surface area contributed by atoms with Crippen LogP contribution in [0.4, 0.5) is 5.69 Å². The number of nitrogens with two attached hydrogens (primary N) is 1. The summed E-state index contributed by atoms with van der Waals surface area (Å²) in [7, 11) is 0. The second kappa shape index (κ2) is 7.93. The summed E-state index contributed by atoms with van der Waals surface area (Å²) in [6, 6.07) is 7.80. The van der Waals surface area contributed by atoms with Gasteiger partial charge in [-0.15, -0.1) is 0 Å². The Morgan fingerprint density at radius 2 is 1.71 bits per heavy atom. The minimum atomic E-state index is 0. The van der Waals surface area contributed by atoms with Crippen molar-refractivity contribution in [3.8, 4) is 0 Å². The van der Waals surface area contributed by atoms with Gasteiger partial charge in [-0.05, 0) is 31.4 Å². The Bertz CT molecular complexity index is 220. The summed E-state index contributed by atoms with van der Waals surface area (Å²) in [4.78, 5) is 0. The maximum Gasteiger partial charge on any atom is 0.0466 e. The molecule has 1 aromatic carbocycles. The molecule has 1 saturated heterocycles. The molecule has 1 heterocycles. The molecule has 14 heavy (non-hydrogen) atoms. The van der Waals surface area contributed by atoms with Crippen LogP contribution in [0.5, 0.6) is 0 Å². The van der Waals surface area contributed by atoms with Gasteiger partial charge >= 0.3 is 0 Å². The molecule has 2 nitrogen and oxygen atoms in total. The van der Waals surface area contributed by atoms with E-state index in [2.05, 4.69) is 0 Å². The summed E-state index contributed by atoms with van der Waals surface area (Å²) in [6.45, 7) is 4.00. The van der Waals surface area contributed by atoms with E-state index in [0.29, 0.717) is 0 Å². The number of anilines is 1. The number of nitrogen functional groups attached to an aromatic ring is 1. The molecule has 1 radical (unpaired) electrons. The first kappa shape index (κ1) is 13.6. The minimum Gasteiger partial charge on any atom is -0.399 e. The average molecular weight is 186 g/mol. The molecule has 0 aromatic heterocycles. The Morgan fingerprint density at radius 3 is 2.00 bits per heavy atom. The van der Waals surface area contributed by atoms with Crippen molar-refractivity contribution in [3.63, 3.8) is 0 Å². The molecule has 0 aliphatic carbocycles. The van der Waals surface area contributed by atoms with Crippen molar-refractivity contribution < 1.29 is 4.74 Å². The fourth-order valence-electron chi connectivity index (χ4n) is 1.10. The topological polar surface area (TPSA) is 35.2 Å². The molecular formula is C11H17LiNO. The largest absolute Gasteiger partial charge is 0.399 e. The van der Waals surface area contributed by atoms with E-state index in [4.69, 9.17) is 10.5 Å². The Hall–Kier alpha value is -0.423. The normalized spacial score (nSPS) is 13.8. The van der Waals surface area contributed by atoms with Crippen molar-refractivity contribution in [1.29, 1.82) is 0 Å². The van der Waals surface area contributed by atoms with Crippen molar-refractivity contribution in [3.05, 3.63) is 29.8 Å². The average Bonchev–Trinajstić information content (AvgIpc) is 2.68. The van der Waals surface area contributed by atoms with E-state index in [9.17, 15) is 0 Å². The van der Waals surface area contributed by atoms with Gasteiger partial charge in [0.05, 0.1) is 0 Å². The fourth-order valence-corrected chi connectivity index (χ4v) is 1.10. The summed E-state index contributed by atoms with van der Waals surface area (Å²) in [5.41, 5.74) is 7.53. The van der Waals surface area contributed by atoms with Crippen LogP contribution in [0.1, 0.15) is 18.4 Å². The minimum absolute atomic E-state index is 0. The molecule has 1 aliphatic rings. The van der Waals surface area contributed by atoms with Crippen molar-refractivity contribution in [2.75, 3.05) is 18.9 Å². The zero-order valence-corrected chi connectivity index (χ0v) is 9.12. The quantitative estimate of drug-likeness (QED) is 0.496. The van der Waals surface area contributed by atoms with E-state index < -0.39 is 0 Å². The van der Waals surface area contributed by atoms with Crippen LogP contribution >= 0.6 is 0 Å². The van der Waals surface area contributed by atoms with Crippen LogP contribution in [0.15, 0.2) is 24.3 Å². The van der Waals surface area contributed by atoms with Gasteiger partial charge < -0.3 is 10.5 Å². The van der Waals surface area contributed by atoms with E-state index in [1.807, 2.05) is 31.2 Å². The number of aryl methyl sites for hydroxylation is 1. The van der Waals surface area contributed by atoms with Crippen molar-refractivity contribution in [2.45, 2.75) is 19.8 Å². The smallest absolute Gasteiger partial charge is 0.0466 e. The number of rotatable bonds is 0. The second-order valence-electron chi connectivity index (χ2n) is 3.18. The molecule has 73 valence electrons. The number of hydrogen-bond donors (Lipinski definition) is 1. The zero-order chi connectivity index (χ0) is 9.52. The van der Waals surface area contributed by atoms with Crippen LogP contribution in [-0.2, 0) is 4.74 Å². The van der Waals surface area contributed by atoms with Crippen LogP contribution in [0, 0.1) is 6.92 Å². The molecule has 2 N–H and O–H groups in total. The molecule has 0 unspecified atom stereocenters. The van der Waals surface area contributed by atoms with Crippen LogP contribution < -0.4 is 5.73 Å². The Kier molecular flexibility index (Phi) is 7.69. The molecule has 1 aromatic rings. The van der Waals surface area contributed by atoms with E-state index in [-0.39, 0.29) is 18.9 Å². The Labute approximate surface area is 98.0 Å². The van der Waals surface area contributed by atoms with Crippen molar-refractivity contribution in [1.82, 2.24) is 0 Å². The fraction of sp³-hybridized carbons (Fsp3) is 0.455. The maximum atomic E-state index is 5.52. The van der Waals surface area contributed by atoms with Gasteiger partial charge in [-0.3, -0.25) is 0 Å². The Morgan fingerprint density at radius 1 is 1.14 bits per heavy atom. The van der Waals surface area contributed by atoms with Crippen molar-refractivity contribution in [2.24, 2.45) is 0 Å². The summed E-state index contributed by atoms with van der Waals surface area (Å²) in [5, 5.41) is 0. The van der Waals surface area contributed by atoms with E-state index >= 15 is 0 Å². The van der Waals surface area contributed by atoms with Gasteiger partial charge in [0.25, 0.3) is 0 Å². The van der Waals surface area contributed by atoms with E-state index in [1.54, 1.807) is 0 Å². The third-order valence-corrected chi connectivity index (χ3v) is 2.02. The number of ether oxygens (including phenoxy) is 1. The predicted octanol–water partition coefficient (Wildman–Crippen LogP) is 1.99. The number of para-hydroxylation sites is 1. The molecule has 0 saturated carbocycles. The first-order valence-corrected chi connectivity index (χ1v) is 4.69. The summed E-state index contributed by atoms with van der Waals surface area (Å²) >= 11 is 0. The number of benzene rings is 1. The molecule has 0 amide bonds. The first-order chi connectivity index (χ1) is 6.30. The van der Waals surface area contributed by atoms with Crippen LogP contribution in [0.3, 0.4) is 0 Å². The molecule has 1 aliphatic heterocycles. The van der Waals surface area contributed by atoms with Gasteiger partial charge in [0.15, 0.2) is 0 Å². The molecule has 0 spiro atoms. The molecular weight excluding hydrogens is 169 g/mol. The monoisotopic (exact) mass is 186 g/mol. The van der Waals surface area contributed by atoms with Gasteiger partial charge in [0.1, 0.15) is 0 Å². The van der Waals surface area contributed by atoms with Gasteiger partial charge in [-0.25, -0.2) is 0 Å². The molecule has 0 atom stereocenters. The van der Waals surface area contributed by atoms with Crippen LogP contribution in [0.25, 0.3) is 0 Å². The molecule has 1 fully saturated rings. The van der Waals surface area contributed by atoms with Gasteiger partial charge in [-0.2, -0.15) is 0 Å². The standard InChI is InChI=1S/C7H9N.C4H8O.Li/c1-6-4-2-3-5-7(6)8;1-2-4-5-3-1;/h2-5H,8H2,1H3;1-4H2;. The van der Waals surface area contributed by atoms with Gasteiger partial charge in [-0.1, -0.05) is 18.2 Å². The maximum absolute atomic E-state index is 5.52. The van der Waals surface area contributed by atoms with Crippen LogP contribution in [0.2, 0.25) is 0 Å². The number of hydrogen-bond acceptors (Lipinski definition) is 2. The van der Waals surface area contributed by atoms with Gasteiger partial charge in [0, 0.05) is 37.8 Å². The third-order valence-electron chi connectivity index (χ3n) is 2.02. The molecule has 0 bridgehead atoms. The predicted molar refractivity (Wildman–Crippen MR) is 61.4 cm³/mol. The van der Waals surface area contributed by atoms with Crippen molar-refractivity contribution >= 4 is 24.5 Å². The second-order valence-corrected chi connectivity index (χ2v) is 3.18. The van der Waals surface area contributed by atoms with Crippen LogP contribution in [-0.4, -0.2) is 32.1 Å². The summed E-state index contributed by atoms with van der Waals surface area (Å²) in [5.74, 6) is 0. The summed E-state index contributed by atoms with van der Waals surface area (Å²) < 4.78 is 4.94. The molecule has 3 heteroatoms. The first-order valence-electron chi connectivity index (χ1n) is 4.69. The van der Waals surface area contributed by atoms with Gasteiger partial charge in [0.2, 0.25) is 0 Å². The van der Waals surface area contributed by atoms with E-state index in [1.165, 1.54) is 12.8 Å². The van der Waals surface area contributed by atoms with E-state index in [0.717, 1.165) is 24.5 Å². The zero-order valence-electron chi connectivity index (χ0n) is 9.12. The third kappa shape index (κ3) is 5.34. The summed E-state index contributed by atoms with van der Waals surface area (Å²) in [6.07, 6.45) is 2.56. The Balaban J connectivity index is 0.000000246.